The van der Waals surface area contributed by atoms with Gasteiger partial charge in [-0.2, -0.15) is 11.8 Å². The molecule has 2 unspecified atom stereocenters. The highest BCUT2D eigenvalue weighted by Crippen LogP contribution is 2.21. The first-order valence-corrected chi connectivity index (χ1v) is 8.70. The lowest BCUT2D eigenvalue weighted by molar-refractivity contribution is -0.120. The molecular weight excluding hydrogens is 292 g/mol. The molecule has 0 aliphatic carbocycles. The molecule has 0 saturated heterocycles. The van der Waals surface area contributed by atoms with Crippen molar-refractivity contribution in [3.63, 3.8) is 0 Å². The fourth-order valence-electron chi connectivity index (χ4n) is 2.23. The van der Waals surface area contributed by atoms with E-state index < -0.39 is 0 Å². The van der Waals surface area contributed by atoms with Crippen molar-refractivity contribution < 1.29 is 4.79 Å². The average Bonchev–Trinajstić information content (AvgIpc) is 2.56. The predicted molar refractivity (Wildman–Crippen MR) is 94.8 cm³/mol. The van der Waals surface area contributed by atoms with Gasteiger partial charge in [-0.1, -0.05) is 49.4 Å². The Morgan fingerprint density at radius 3 is 2.36 bits per heavy atom. The van der Waals surface area contributed by atoms with Crippen LogP contribution in [0.5, 0.6) is 0 Å². The summed E-state index contributed by atoms with van der Waals surface area (Å²) >= 11 is 1.78. The molecule has 2 rings (SSSR count). The van der Waals surface area contributed by atoms with Gasteiger partial charge in [0.2, 0.25) is 5.91 Å². The van der Waals surface area contributed by atoms with Crippen molar-refractivity contribution in [2.45, 2.75) is 18.7 Å². The van der Waals surface area contributed by atoms with Gasteiger partial charge >= 0.3 is 0 Å². The molecule has 116 valence electrons. The van der Waals surface area contributed by atoms with E-state index in [-0.39, 0.29) is 17.9 Å². The zero-order chi connectivity index (χ0) is 15.9. The maximum Gasteiger partial charge on any atom is 0.229 e. The van der Waals surface area contributed by atoms with Gasteiger partial charge in [0.15, 0.2) is 0 Å². The van der Waals surface area contributed by atoms with E-state index in [1.165, 1.54) is 5.56 Å². The summed E-state index contributed by atoms with van der Waals surface area (Å²) in [4.78, 5) is 12.3. The number of carbonyl (C=O) groups is 1. The Balaban J connectivity index is 1.99. The number of nitrogens with one attached hydrogen (secondary N) is 1. The molecule has 0 heterocycles. The van der Waals surface area contributed by atoms with Gasteiger partial charge in [0.05, 0.1) is 5.92 Å². The SMILES string of the molecule is CSCc1ccc(NC(=O)C(C)C(N)c2ccccc2)cc1. The summed E-state index contributed by atoms with van der Waals surface area (Å²) in [6.07, 6.45) is 2.07. The molecular formula is C18H22N2OS. The van der Waals surface area contributed by atoms with Gasteiger partial charge in [0, 0.05) is 17.5 Å². The number of hydrogen-bond acceptors (Lipinski definition) is 3. The number of thioether (sulfide) groups is 1. The molecule has 2 aromatic carbocycles. The number of amides is 1. The minimum atomic E-state index is -0.308. The van der Waals surface area contributed by atoms with Crippen molar-refractivity contribution in [2.75, 3.05) is 11.6 Å². The van der Waals surface area contributed by atoms with Crippen molar-refractivity contribution in [2.24, 2.45) is 11.7 Å². The third-order valence-corrected chi connectivity index (χ3v) is 4.29. The van der Waals surface area contributed by atoms with Crippen LogP contribution in [0.25, 0.3) is 0 Å². The second-order valence-corrected chi connectivity index (χ2v) is 6.21. The number of benzene rings is 2. The second kappa shape index (κ2) is 8.01. The third-order valence-electron chi connectivity index (χ3n) is 3.67. The number of anilines is 1. The lowest BCUT2D eigenvalue weighted by atomic mass is 9.94. The van der Waals surface area contributed by atoms with E-state index in [9.17, 15) is 4.79 Å². The van der Waals surface area contributed by atoms with Crippen LogP contribution in [-0.4, -0.2) is 12.2 Å². The highest BCUT2D eigenvalue weighted by molar-refractivity contribution is 7.97. The Bertz CT molecular complexity index is 598. The van der Waals surface area contributed by atoms with E-state index >= 15 is 0 Å². The van der Waals surface area contributed by atoms with Gasteiger partial charge in [-0.3, -0.25) is 4.79 Å². The molecule has 0 aromatic heterocycles. The summed E-state index contributed by atoms with van der Waals surface area (Å²) in [5, 5.41) is 2.94. The third kappa shape index (κ3) is 4.36. The van der Waals surface area contributed by atoms with Crippen LogP contribution < -0.4 is 11.1 Å². The molecule has 22 heavy (non-hydrogen) atoms. The summed E-state index contributed by atoms with van der Waals surface area (Å²) in [5.74, 6) is 0.617. The average molecular weight is 314 g/mol. The number of nitrogens with two attached hydrogens (primary N) is 1. The maximum atomic E-state index is 12.3. The lowest BCUT2D eigenvalue weighted by Gasteiger charge is -2.20. The van der Waals surface area contributed by atoms with Gasteiger partial charge in [-0.05, 0) is 29.5 Å². The molecule has 0 radical (unpaired) electrons. The van der Waals surface area contributed by atoms with Crippen molar-refractivity contribution in [3.05, 3.63) is 65.7 Å². The van der Waals surface area contributed by atoms with E-state index in [0.29, 0.717) is 0 Å². The molecule has 0 bridgehead atoms. The van der Waals surface area contributed by atoms with E-state index in [1.54, 1.807) is 11.8 Å². The summed E-state index contributed by atoms with van der Waals surface area (Å²) in [5.41, 5.74) is 9.22. The zero-order valence-corrected chi connectivity index (χ0v) is 13.8. The predicted octanol–water partition coefficient (Wildman–Crippen LogP) is 3.82. The summed E-state index contributed by atoms with van der Waals surface area (Å²) < 4.78 is 0. The minimum Gasteiger partial charge on any atom is -0.326 e. The molecule has 2 aromatic rings. The monoisotopic (exact) mass is 314 g/mol. The Morgan fingerprint density at radius 1 is 1.14 bits per heavy atom. The summed E-state index contributed by atoms with van der Waals surface area (Å²) in [6.45, 7) is 1.86. The molecule has 2 atom stereocenters. The smallest absolute Gasteiger partial charge is 0.229 e. The molecule has 0 fully saturated rings. The van der Waals surface area contributed by atoms with E-state index in [4.69, 9.17) is 5.73 Å². The van der Waals surface area contributed by atoms with Crippen molar-refractivity contribution >= 4 is 23.4 Å². The largest absolute Gasteiger partial charge is 0.326 e. The van der Waals surface area contributed by atoms with Crippen LogP contribution >= 0.6 is 11.8 Å². The van der Waals surface area contributed by atoms with Gasteiger partial charge in [-0.15, -0.1) is 0 Å². The normalized spacial score (nSPS) is 13.4. The highest BCUT2D eigenvalue weighted by atomic mass is 32.2. The topological polar surface area (TPSA) is 55.1 Å². The van der Waals surface area contributed by atoms with Crippen molar-refractivity contribution in [1.29, 1.82) is 0 Å². The quantitative estimate of drug-likeness (QED) is 0.852. The first-order chi connectivity index (χ1) is 10.6. The molecule has 4 heteroatoms. The van der Waals surface area contributed by atoms with Gasteiger partial charge in [-0.25, -0.2) is 0 Å². The molecule has 0 saturated carbocycles. The van der Waals surface area contributed by atoms with Gasteiger partial charge in [0.1, 0.15) is 0 Å². The zero-order valence-electron chi connectivity index (χ0n) is 13.0. The first-order valence-electron chi connectivity index (χ1n) is 7.31. The molecule has 0 spiro atoms. The molecule has 0 aliphatic heterocycles. The Morgan fingerprint density at radius 2 is 1.77 bits per heavy atom. The fourth-order valence-corrected chi connectivity index (χ4v) is 2.76. The van der Waals surface area contributed by atoms with E-state index in [1.807, 2.05) is 61.5 Å². The molecule has 1 amide bonds. The molecule has 0 aliphatic rings. The second-order valence-electron chi connectivity index (χ2n) is 5.34. The van der Waals surface area contributed by atoms with Crippen LogP contribution in [0.1, 0.15) is 24.1 Å². The first kappa shape index (κ1) is 16.6. The number of hydrogen-bond donors (Lipinski definition) is 2. The van der Waals surface area contributed by atoms with E-state index in [0.717, 1.165) is 17.0 Å². The van der Waals surface area contributed by atoms with Crippen molar-refractivity contribution in [3.8, 4) is 0 Å². The summed E-state index contributed by atoms with van der Waals surface area (Å²) in [7, 11) is 0. The van der Waals surface area contributed by atoms with Crippen LogP contribution in [0, 0.1) is 5.92 Å². The van der Waals surface area contributed by atoms with Crippen LogP contribution in [0.3, 0.4) is 0 Å². The highest BCUT2D eigenvalue weighted by Gasteiger charge is 2.22. The van der Waals surface area contributed by atoms with Crippen LogP contribution in [0.2, 0.25) is 0 Å². The van der Waals surface area contributed by atoms with Crippen LogP contribution in [0.15, 0.2) is 54.6 Å². The fraction of sp³-hybridized carbons (Fsp3) is 0.278. The Kier molecular flexibility index (Phi) is 6.04. The maximum absolute atomic E-state index is 12.3. The van der Waals surface area contributed by atoms with E-state index in [2.05, 4.69) is 11.6 Å². The molecule has 3 N–H and O–H groups in total. The van der Waals surface area contributed by atoms with Crippen LogP contribution in [-0.2, 0) is 10.5 Å². The van der Waals surface area contributed by atoms with Crippen molar-refractivity contribution in [1.82, 2.24) is 0 Å². The van der Waals surface area contributed by atoms with Crippen LogP contribution in [0.4, 0.5) is 5.69 Å². The van der Waals surface area contributed by atoms with Gasteiger partial charge < -0.3 is 11.1 Å². The van der Waals surface area contributed by atoms with Gasteiger partial charge in [0.25, 0.3) is 0 Å². The minimum absolute atomic E-state index is 0.0611. The summed E-state index contributed by atoms with van der Waals surface area (Å²) in [6, 6.07) is 17.3. The Hall–Kier alpha value is -1.78. The number of carbonyl (C=O) groups excluding carboxylic acids is 1. The lowest BCUT2D eigenvalue weighted by Crippen LogP contribution is -2.30. The molecule has 3 nitrogen and oxygen atoms in total. The number of rotatable bonds is 6. The standard InChI is InChI=1S/C18H22N2OS/c1-13(17(19)15-6-4-3-5-7-15)18(21)20-16-10-8-14(9-11-16)12-22-2/h3-11,13,17H,12,19H2,1-2H3,(H,20,21). The Labute approximate surface area is 136 Å².